The van der Waals surface area contributed by atoms with E-state index in [-0.39, 0.29) is 0 Å². The van der Waals surface area contributed by atoms with E-state index in [0.717, 1.165) is 0 Å². The predicted octanol–water partition coefficient (Wildman–Crippen LogP) is 13.9. The zero-order valence-corrected chi connectivity index (χ0v) is 27.9. The van der Waals surface area contributed by atoms with E-state index in [0.29, 0.717) is 0 Å². The molecule has 0 spiro atoms. The SMILES string of the molecule is c1ccc2cc3c(cc2c1)sc1cc(-c2c4ccccc4c(-c4ccc(-n5c6ccccc6c6ccccc65)cc4)c4ccccc24)ccc13. The van der Waals surface area contributed by atoms with Crippen molar-refractivity contribution in [3.63, 3.8) is 0 Å². The number of hydrogen-bond acceptors (Lipinski definition) is 1. The molecule has 50 heavy (non-hydrogen) atoms. The van der Waals surface area contributed by atoms with Crippen LogP contribution in [0.4, 0.5) is 0 Å². The molecule has 0 saturated carbocycles. The van der Waals surface area contributed by atoms with Gasteiger partial charge in [0.1, 0.15) is 0 Å². The maximum atomic E-state index is 2.42. The molecule has 0 saturated heterocycles. The topological polar surface area (TPSA) is 4.93 Å². The Morgan fingerprint density at radius 3 is 1.38 bits per heavy atom. The van der Waals surface area contributed by atoms with E-state index in [1.807, 2.05) is 11.3 Å². The molecule has 2 aromatic heterocycles. The van der Waals surface area contributed by atoms with Crippen molar-refractivity contribution in [1.29, 1.82) is 0 Å². The van der Waals surface area contributed by atoms with Gasteiger partial charge in [0.05, 0.1) is 11.0 Å². The summed E-state index contributed by atoms with van der Waals surface area (Å²) in [5.74, 6) is 0. The van der Waals surface area contributed by atoms with Crippen LogP contribution in [0.2, 0.25) is 0 Å². The first kappa shape index (κ1) is 27.7. The zero-order chi connectivity index (χ0) is 32.8. The van der Waals surface area contributed by atoms with E-state index in [4.69, 9.17) is 0 Å². The summed E-state index contributed by atoms with van der Waals surface area (Å²) in [6.07, 6.45) is 0. The van der Waals surface area contributed by atoms with Crippen LogP contribution in [0, 0.1) is 0 Å². The highest BCUT2D eigenvalue weighted by atomic mass is 32.1. The molecule has 11 rings (SSSR count). The van der Waals surface area contributed by atoms with Gasteiger partial charge < -0.3 is 4.57 Å². The van der Waals surface area contributed by atoms with Crippen molar-refractivity contribution >= 4 is 85.6 Å². The fourth-order valence-electron chi connectivity index (χ4n) is 8.35. The molecule has 0 atom stereocenters. The van der Waals surface area contributed by atoms with Gasteiger partial charge in [-0.1, -0.05) is 133 Å². The molecule has 232 valence electrons. The fourth-order valence-corrected chi connectivity index (χ4v) is 9.52. The second kappa shape index (κ2) is 10.6. The number of aromatic nitrogens is 1. The molecular weight excluding hydrogens is 623 g/mol. The number of rotatable bonds is 3. The fraction of sp³-hybridized carbons (Fsp3) is 0. The van der Waals surface area contributed by atoms with Gasteiger partial charge >= 0.3 is 0 Å². The monoisotopic (exact) mass is 651 g/mol. The first-order chi connectivity index (χ1) is 24.8. The third-order valence-corrected chi connectivity index (χ3v) is 11.7. The highest BCUT2D eigenvalue weighted by Crippen LogP contribution is 2.46. The molecule has 0 bridgehead atoms. The number of benzene rings is 9. The Bertz CT molecular complexity index is 3030. The van der Waals surface area contributed by atoms with E-state index < -0.39 is 0 Å². The van der Waals surface area contributed by atoms with E-state index in [9.17, 15) is 0 Å². The van der Waals surface area contributed by atoms with Crippen LogP contribution in [-0.4, -0.2) is 4.57 Å². The first-order valence-electron chi connectivity index (χ1n) is 17.2. The average molecular weight is 652 g/mol. The van der Waals surface area contributed by atoms with Crippen molar-refractivity contribution < 1.29 is 0 Å². The molecule has 0 aliphatic heterocycles. The largest absolute Gasteiger partial charge is 0.309 e. The normalized spacial score (nSPS) is 12.0. The number of para-hydroxylation sites is 2. The van der Waals surface area contributed by atoms with Crippen molar-refractivity contribution in [3.05, 3.63) is 176 Å². The number of fused-ring (bicyclic) bond motifs is 9. The van der Waals surface area contributed by atoms with Gasteiger partial charge in [-0.05, 0) is 97.0 Å². The van der Waals surface area contributed by atoms with Crippen molar-refractivity contribution in [2.24, 2.45) is 0 Å². The minimum absolute atomic E-state index is 1.17. The van der Waals surface area contributed by atoms with Crippen LogP contribution >= 0.6 is 11.3 Å². The summed E-state index contributed by atoms with van der Waals surface area (Å²) in [5.41, 5.74) is 8.68. The summed E-state index contributed by atoms with van der Waals surface area (Å²) in [5, 5.41) is 12.9. The van der Waals surface area contributed by atoms with Crippen molar-refractivity contribution in [2.75, 3.05) is 0 Å². The first-order valence-corrected chi connectivity index (χ1v) is 18.0. The average Bonchev–Trinajstić information content (AvgIpc) is 3.70. The smallest absolute Gasteiger partial charge is 0.0541 e. The number of thiophene rings is 1. The Morgan fingerprint density at radius 1 is 0.320 bits per heavy atom. The third kappa shape index (κ3) is 4.00. The molecule has 0 fully saturated rings. The summed E-state index contributed by atoms with van der Waals surface area (Å²) in [7, 11) is 0. The van der Waals surface area contributed by atoms with Crippen LogP contribution in [0.1, 0.15) is 0 Å². The molecule has 0 amide bonds. The summed E-state index contributed by atoms with van der Waals surface area (Å²) in [6.45, 7) is 0. The zero-order valence-electron chi connectivity index (χ0n) is 27.1. The van der Waals surface area contributed by atoms with Gasteiger partial charge in [-0.15, -0.1) is 11.3 Å². The molecule has 2 heteroatoms. The van der Waals surface area contributed by atoms with Gasteiger partial charge in [0.2, 0.25) is 0 Å². The summed E-state index contributed by atoms with van der Waals surface area (Å²) in [6, 6.07) is 65.0. The van der Waals surface area contributed by atoms with Crippen molar-refractivity contribution in [1.82, 2.24) is 4.57 Å². The van der Waals surface area contributed by atoms with Crippen molar-refractivity contribution in [2.45, 2.75) is 0 Å². The lowest BCUT2D eigenvalue weighted by Gasteiger charge is -2.18. The molecule has 11 aromatic rings. The van der Waals surface area contributed by atoms with Gasteiger partial charge in [-0.2, -0.15) is 0 Å². The highest BCUT2D eigenvalue weighted by Gasteiger charge is 2.18. The second-order valence-corrected chi connectivity index (χ2v) is 14.4. The lowest BCUT2D eigenvalue weighted by atomic mass is 9.86. The molecule has 2 heterocycles. The van der Waals surface area contributed by atoms with Gasteiger partial charge in [0.15, 0.2) is 0 Å². The Kier molecular flexibility index (Phi) is 5.89. The highest BCUT2D eigenvalue weighted by molar-refractivity contribution is 7.25. The lowest BCUT2D eigenvalue weighted by molar-refractivity contribution is 1.18. The van der Waals surface area contributed by atoms with Crippen LogP contribution in [0.15, 0.2) is 176 Å². The van der Waals surface area contributed by atoms with Crippen LogP contribution in [0.25, 0.3) is 102 Å². The minimum atomic E-state index is 1.17. The Labute approximate surface area is 292 Å². The molecule has 0 unspecified atom stereocenters. The quantitative estimate of drug-likeness (QED) is 0.168. The lowest BCUT2D eigenvalue weighted by Crippen LogP contribution is -1.94. The molecule has 0 aliphatic rings. The number of hydrogen-bond donors (Lipinski definition) is 0. The van der Waals surface area contributed by atoms with E-state index in [1.165, 1.54) is 102 Å². The third-order valence-electron chi connectivity index (χ3n) is 10.6. The molecule has 9 aromatic carbocycles. The summed E-state index contributed by atoms with van der Waals surface area (Å²) in [4.78, 5) is 0. The molecular formula is C48H29NS. The maximum absolute atomic E-state index is 2.42. The van der Waals surface area contributed by atoms with Gasteiger partial charge in [-0.25, -0.2) is 0 Å². The van der Waals surface area contributed by atoms with Gasteiger partial charge in [0, 0.05) is 36.6 Å². The standard InChI is InChI=1S/C48H29NS/c1-2-12-32-28-46-42(27-31(32)11-1)37-26-23-33(29-45(37)50-46)48-40-17-5-3-15-38(40)47(39-16-4-6-18-41(39)48)30-21-24-34(25-22-30)49-43-19-9-7-13-35(43)36-14-8-10-20-44(36)49/h1-29H. The summed E-state index contributed by atoms with van der Waals surface area (Å²) < 4.78 is 5.05. The summed E-state index contributed by atoms with van der Waals surface area (Å²) >= 11 is 1.90. The van der Waals surface area contributed by atoms with E-state index in [2.05, 4.69) is 180 Å². The van der Waals surface area contributed by atoms with Gasteiger partial charge in [-0.3, -0.25) is 0 Å². The van der Waals surface area contributed by atoms with Gasteiger partial charge in [0.25, 0.3) is 0 Å². The van der Waals surface area contributed by atoms with Crippen LogP contribution in [0.3, 0.4) is 0 Å². The van der Waals surface area contributed by atoms with Crippen LogP contribution in [-0.2, 0) is 0 Å². The maximum Gasteiger partial charge on any atom is 0.0541 e. The van der Waals surface area contributed by atoms with E-state index >= 15 is 0 Å². The minimum Gasteiger partial charge on any atom is -0.309 e. The van der Waals surface area contributed by atoms with Crippen molar-refractivity contribution in [3.8, 4) is 27.9 Å². The second-order valence-electron chi connectivity index (χ2n) is 13.3. The Morgan fingerprint density at radius 2 is 0.780 bits per heavy atom. The number of nitrogens with zero attached hydrogens (tertiary/aromatic N) is 1. The molecule has 0 N–H and O–H groups in total. The Balaban J connectivity index is 1.11. The molecule has 0 radical (unpaired) electrons. The molecule has 1 nitrogen and oxygen atoms in total. The predicted molar refractivity (Wildman–Crippen MR) is 217 cm³/mol. The van der Waals surface area contributed by atoms with Crippen LogP contribution < -0.4 is 0 Å². The van der Waals surface area contributed by atoms with E-state index in [1.54, 1.807) is 0 Å². The van der Waals surface area contributed by atoms with Crippen LogP contribution in [0.5, 0.6) is 0 Å². The Hall–Kier alpha value is -6.22. The molecule has 0 aliphatic carbocycles.